The molecule has 0 spiro atoms. The van der Waals surface area contributed by atoms with Crippen molar-refractivity contribution in [3.05, 3.63) is 42.2 Å². The zero-order valence-corrected chi connectivity index (χ0v) is 12.5. The summed E-state index contributed by atoms with van der Waals surface area (Å²) in [7, 11) is -3.48. The van der Waals surface area contributed by atoms with Crippen molar-refractivity contribution in [1.29, 1.82) is 0 Å². The van der Waals surface area contributed by atoms with Gasteiger partial charge in [-0.05, 0) is 31.9 Å². The summed E-state index contributed by atoms with van der Waals surface area (Å²) >= 11 is 0. The minimum absolute atomic E-state index is 0.0407. The van der Waals surface area contributed by atoms with E-state index in [2.05, 4.69) is 20.2 Å². The van der Waals surface area contributed by atoms with E-state index in [9.17, 15) is 8.42 Å². The number of nitrogens with one attached hydrogen (secondary N) is 3. The Hall–Kier alpha value is -1.86. The molecule has 0 bridgehead atoms. The molecular weight excluding hydrogens is 288 g/mol. The third-order valence-corrected chi connectivity index (χ3v) is 5.05. The molecule has 1 heterocycles. The molecular formula is C14H18N4O2S. The molecule has 1 unspecified atom stereocenters. The second kappa shape index (κ2) is 5.50. The summed E-state index contributed by atoms with van der Waals surface area (Å²) in [6.07, 6.45) is 5.34. The van der Waals surface area contributed by atoms with E-state index < -0.39 is 10.0 Å². The first-order valence-electron chi connectivity index (χ1n) is 6.93. The lowest BCUT2D eigenvalue weighted by atomic mass is 10.2. The molecule has 1 saturated carbocycles. The van der Waals surface area contributed by atoms with Gasteiger partial charge >= 0.3 is 0 Å². The molecule has 112 valence electrons. The fourth-order valence-electron chi connectivity index (χ4n) is 2.12. The minimum Gasteiger partial charge on any atom is -0.377 e. The number of aromatic amines is 1. The van der Waals surface area contributed by atoms with E-state index in [1.54, 1.807) is 30.6 Å². The van der Waals surface area contributed by atoms with Crippen LogP contribution < -0.4 is 10.0 Å². The molecule has 1 aromatic heterocycles. The smallest absolute Gasteiger partial charge is 0.242 e. The van der Waals surface area contributed by atoms with Crippen LogP contribution in [0.3, 0.4) is 0 Å². The van der Waals surface area contributed by atoms with Crippen LogP contribution in [0.15, 0.2) is 41.6 Å². The van der Waals surface area contributed by atoms with Gasteiger partial charge in [0.15, 0.2) is 0 Å². The molecule has 3 N–H and O–H groups in total. The molecule has 0 aliphatic heterocycles. The Balaban J connectivity index is 1.85. The van der Waals surface area contributed by atoms with Crippen molar-refractivity contribution in [2.24, 2.45) is 0 Å². The quantitative estimate of drug-likeness (QED) is 0.762. The molecule has 6 nitrogen and oxygen atoms in total. The Kier molecular flexibility index (Phi) is 3.69. The Morgan fingerprint density at radius 2 is 2.10 bits per heavy atom. The largest absolute Gasteiger partial charge is 0.377 e. The lowest BCUT2D eigenvalue weighted by Gasteiger charge is -2.17. The number of H-pyrrole nitrogens is 1. The number of benzene rings is 1. The first-order valence-corrected chi connectivity index (χ1v) is 8.41. The fourth-order valence-corrected chi connectivity index (χ4v) is 3.59. The lowest BCUT2D eigenvalue weighted by Crippen LogP contribution is -2.26. The Morgan fingerprint density at radius 3 is 2.76 bits per heavy atom. The molecule has 0 saturated heterocycles. The predicted molar refractivity (Wildman–Crippen MR) is 80.4 cm³/mol. The Morgan fingerprint density at radius 1 is 1.33 bits per heavy atom. The van der Waals surface area contributed by atoms with E-state index in [1.807, 2.05) is 13.0 Å². The third-order valence-electron chi connectivity index (χ3n) is 3.47. The van der Waals surface area contributed by atoms with Crippen LogP contribution in [0, 0.1) is 0 Å². The van der Waals surface area contributed by atoms with Gasteiger partial charge in [-0.25, -0.2) is 13.1 Å². The molecule has 1 aromatic carbocycles. The number of rotatable bonds is 6. The van der Waals surface area contributed by atoms with E-state index in [-0.39, 0.29) is 17.0 Å². The van der Waals surface area contributed by atoms with Crippen LogP contribution in [0.25, 0.3) is 0 Å². The SMILES string of the molecule is CC(Nc1ccccc1S(=O)(=O)NC1CC1)c1cn[nH]c1. The van der Waals surface area contributed by atoms with Gasteiger partial charge in [-0.2, -0.15) is 5.10 Å². The summed E-state index contributed by atoms with van der Waals surface area (Å²) in [5.41, 5.74) is 1.57. The van der Waals surface area contributed by atoms with Crippen molar-refractivity contribution in [2.75, 3.05) is 5.32 Å². The zero-order valence-electron chi connectivity index (χ0n) is 11.7. The average Bonchev–Trinajstić information content (AvgIpc) is 3.08. The monoisotopic (exact) mass is 306 g/mol. The first-order chi connectivity index (χ1) is 10.1. The van der Waals surface area contributed by atoms with Crippen LogP contribution in [0.4, 0.5) is 5.69 Å². The van der Waals surface area contributed by atoms with Gasteiger partial charge in [0.2, 0.25) is 10.0 Å². The van der Waals surface area contributed by atoms with E-state index in [4.69, 9.17) is 0 Å². The summed E-state index contributed by atoms with van der Waals surface area (Å²) < 4.78 is 27.5. The van der Waals surface area contributed by atoms with E-state index in [0.717, 1.165) is 18.4 Å². The van der Waals surface area contributed by atoms with Crippen LogP contribution in [0.1, 0.15) is 31.4 Å². The number of hydrogen-bond acceptors (Lipinski definition) is 4. The van der Waals surface area contributed by atoms with Crippen molar-refractivity contribution < 1.29 is 8.42 Å². The number of aromatic nitrogens is 2. The number of nitrogens with zero attached hydrogens (tertiary/aromatic N) is 1. The van der Waals surface area contributed by atoms with Crippen molar-refractivity contribution in [2.45, 2.75) is 36.7 Å². The molecule has 3 rings (SSSR count). The Bertz CT molecular complexity index is 708. The third kappa shape index (κ3) is 3.25. The summed E-state index contributed by atoms with van der Waals surface area (Å²) in [6, 6.07) is 7.00. The van der Waals surface area contributed by atoms with Gasteiger partial charge in [-0.1, -0.05) is 12.1 Å². The lowest BCUT2D eigenvalue weighted by molar-refractivity contribution is 0.581. The molecule has 2 aromatic rings. The van der Waals surface area contributed by atoms with Gasteiger partial charge in [0.1, 0.15) is 4.90 Å². The normalized spacial score (nSPS) is 16.6. The van der Waals surface area contributed by atoms with Gasteiger partial charge < -0.3 is 5.32 Å². The second-order valence-corrected chi connectivity index (χ2v) is 6.97. The van der Waals surface area contributed by atoms with Crippen LogP contribution in [0.5, 0.6) is 0 Å². The predicted octanol–water partition coefficient (Wildman–Crippen LogP) is 2.02. The van der Waals surface area contributed by atoms with E-state index >= 15 is 0 Å². The first kappa shape index (κ1) is 14.1. The summed E-state index contributed by atoms with van der Waals surface area (Å²) in [5.74, 6) is 0. The standard InChI is InChI=1S/C14H18N4O2S/c1-10(11-8-15-16-9-11)17-13-4-2-3-5-14(13)21(19,20)18-12-6-7-12/h2-5,8-10,12,17-18H,6-7H2,1H3,(H,15,16). The number of hydrogen-bond donors (Lipinski definition) is 3. The molecule has 1 atom stereocenters. The maximum atomic E-state index is 12.4. The molecule has 1 aliphatic carbocycles. The second-order valence-electron chi connectivity index (χ2n) is 5.29. The van der Waals surface area contributed by atoms with Crippen LogP contribution in [-0.4, -0.2) is 24.7 Å². The Labute approximate surface area is 124 Å². The minimum atomic E-state index is -3.48. The zero-order chi connectivity index (χ0) is 14.9. The van der Waals surface area contributed by atoms with Gasteiger partial charge in [0.05, 0.1) is 17.9 Å². The van der Waals surface area contributed by atoms with Crippen LogP contribution in [0.2, 0.25) is 0 Å². The summed E-state index contributed by atoms with van der Waals surface area (Å²) in [4.78, 5) is 0.284. The van der Waals surface area contributed by atoms with Gasteiger partial charge in [-0.15, -0.1) is 0 Å². The number of sulfonamides is 1. The maximum Gasteiger partial charge on any atom is 0.242 e. The molecule has 0 amide bonds. The van der Waals surface area contributed by atoms with Crippen LogP contribution in [-0.2, 0) is 10.0 Å². The van der Waals surface area contributed by atoms with Crippen molar-refractivity contribution >= 4 is 15.7 Å². The van der Waals surface area contributed by atoms with E-state index in [1.165, 1.54) is 0 Å². The molecule has 7 heteroatoms. The van der Waals surface area contributed by atoms with E-state index in [0.29, 0.717) is 5.69 Å². The average molecular weight is 306 g/mol. The van der Waals surface area contributed by atoms with Gasteiger partial charge in [0.25, 0.3) is 0 Å². The molecule has 0 radical (unpaired) electrons. The highest BCUT2D eigenvalue weighted by Gasteiger charge is 2.29. The highest BCUT2D eigenvalue weighted by Crippen LogP contribution is 2.28. The highest BCUT2D eigenvalue weighted by molar-refractivity contribution is 7.89. The van der Waals surface area contributed by atoms with Crippen molar-refractivity contribution in [3.8, 4) is 0 Å². The van der Waals surface area contributed by atoms with Crippen LogP contribution >= 0.6 is 0 Å². The van der Waals surface area contributed by atoms with Crippen molar-refractivity contribution in [1.82, 2.24) is 14.9 Å². The molecule has 21 heavy (non-hydrogen) atoms. The topological polar surface area (TPSA) is 86.9 Å². The number of anilines is 1. The number of para-hydroxylation sites is 1. The fraction of sp³-hybridized carbons (Fsp3) is 0.357. The van der Waals surface area contributed by atoms with Crippen molar-refractivity contribution in [3.63, 3.8) is 0 Å². The molecule has 1 fully saturated rings. The highest BCUT2D eigenvalue weighted by atomic mass is 32.2. The molecule has 1 aliphatic rings. The van der Waals surface area contributed by atoms with Gasteiger partial charge in [0, 0.05) is 17.8 Å². The maximum absolute atomic E-state index is 12.4. The van der Waals surface area contributed by atoms with Gasteiger partial charge in [-0.3, -0.25) is 5.10 Å². The summed E-state index contributed by atoms with van der Waals surface area (Å²) in [5, 5.41) is 9.90. The summed E-state index contributed by atoms with van der Waals surface area (Å²) in [6.45, 7) is 1.96.